The molecule has 23 heavy (non-hydrogen) atoms. The van der Waals surface area contributed by atoms with Crippen molar-refractivity contribution in [1.82, 2.24) is 9.63 Å². The van der Waals surface area contributed by atoms with E-state index in [1.165, 1.54) is 6.42 Å². The highest BCUT2D eigenvalue weighted by atomic mass is 28.4. The van der Waals surface area contributed by atoms with Crippen molar-refractivity contribution in [3.8, 4) is 0 Å². The molecule has 0 saturated carbocycles. The van der Waals surface area contributed by atoms with Crippen molar-refractivity contribution in [2.24, 2.45) is 0 Å². The molecule has 0 N–H and O–H groups in total. The summed E-state index contributed by atoms with van der Waals surface area (Å²) in [5.41, 5.74) is 0.00461. The van der Waals surface area contributed by atoms with E-state index in [0.717, 1.165) is 38.6 Å². The first-order valence-electron chi connectivity index (χ1n) is 9.11. The van der Waals surface area contributed by atoms with Gasteiger partial charge < -0.3 is 13.7 Å². The average Bonchev–Trinajstić information content (AvgIpc) is 2.81. The lowest BCUT2D eigenvalue weighted by atomic mass is 9.79. The predicted molar refractivity (Wildman–Crippen MR) is 95.2 cm³/mol. The quantitative estimate of drug-likeness (QED) is 0.691. The van der Waals surface area contributed by atoms with Gasteiger partial charge in [-0.05, 0) is 67.3 Å². The molecule has 0 radical (unpaired) electrons. The third kappa shape index (κ3) is 3.67. The summed E-state index contributed by atoms with van der Waals surface area (Å²) >= 11 is 0. The van der Waals surface area contributed by atoms with Crippen molar-refractivity contribution in [2.75, 3.05) is 26.9 Å². The largest absolute Gasteiger partial charge is 0.428 e. The Labute approximate surface area is 143 Å². The van der Waals surface area contributed by atoms with Gasteiger partial charge in [0.15, 0.2) is 0 Å². The topological polar surface area (TPSA) is 34.2 Å². The van der Waals surface area contributed by atoms with Gasteiger partial charge in [-0.3, -0.25) is 4.57 Å². The molecule has 0 aromatic carbocycles. The maximum absolute atomic E-state index is 6.28. The van der Waals surface area contributed by atoms with Crippen LogP contribution in [-0.4, -0.2) is 62.3 Å². The minimum absolute atomic E-state index is 0.00231. The zero-order chi connectivity index (χ0) is 17.3. The summed E-state index contributed by atoms with van der Waals surface area (Å²) in [5, 5.41) is 2.18. The lowest BCUT2D eigenvalue weighted by Crippen LogP contribution is -2.67. The number of hydrogen-bond donors (Lipinski definition) is 0. The molecule has 2 heterocycles. The Kier molecular flexibility index (Phi) is 5.97. The van der Waals surface area contributed by atoms with Gasteiger partial charge in [0.25, 0.3) is 0 Å². The predicted octanol–water partition coefficient (Wildman–Crippen LogP) is 3.29. The molecule has 0 unspecified atom stereocenters. The number of piperidine rings is 1. The van der Waals surface area contributed by atoms with Crippen molar-refractivity contribution < 1.29 is 13.7 Å². The van der Waals surface area contributed by atoms with Crippen molar-refractivity contribution in [3.63, 3.8) is 0 Å². The van der Waals surface area contributed by atoms with E-state index in [9.17, 15) is 0 Å². The van der Waals surface area contributed by atoms with Crippen molar-refractivity contribution >= 4 is 8.72 Å². The van der Waals surface area contributed by atoms with Crippen LogP contribution in [0.15, 0.2) is 0 Å². The second-order valence-electron chi connectivity index (χ2n) is 8.04. The fraction of sp³-hybridized carbons (Fsp3) is 1.00. The molecule has 0 aromatic heterocycles. The second kappa shape index (κ2) is 7.10. The van der Waals surface area contributed by atoms with Gasteiger partial charge in [-0.15, -0.1) is 0 Å². The number of hydroxylamine groups is 2. The second-order valence-corrected chi connectivity index (χ2v) is 11.1. The summed E-state index contributed by atoms with van der Waals surface area (Å²) in [6, 6.07) is 1.60. The SMILES string of the molecule is CCO[Si]1(OCC)CCCN1C1CC(C)(C)N(OC)C(C)(C)C1. The van der Waals surface area contributed by atoms with Crippen LogP contribution in [0.2, 0.25) is 6.04 Å². The fourth-order valence-electron chi connectivity index (χ4n) is 4.98. The van der Waals surface area contributed by atoms with Gasteiger partial charge in [0, 0.05) is 36.4 Å². The molecule has 2 rings (SSSR count). The van der Waals surface area contributed by atoms with Crippen molar-refractivity contribution in [1.29, 1.82) is 0 Å². The molecule has 2 aliphatic rings. The van der Waals surface area contributed by atoms with E-state index in [1.807, 2.05) is 0 Å². The molecule has 0 spiro atoms. The molecule has 0 aliphatic carbocycles. The Morgan fingerprint density at radius 1 is 1.00 bits per heavy atom. The molecule has 0 atom stereocenters. The summed E-state index contributed by atoms with van der Waals surface area (Å²) in [4.78, 5) is 5.74. The molecule has 136 valence electrons. The summed E-state index contributed by atoms with van der Waals surface area (Å²) < 4.78 is 15.2. The van der Waals surface area contributed by atoms with Gasteiger partial charge in [-0.25, -0.2) is 0 Å². The Balaban J connectivity index is 2.26. The van der Waals surface area contributed by atoms with Crippen LogP contribution in [0.1, 0.15) is 60.8 Å². The smallest absolute Gasteiger partial charge is 0.383 e. The third-order valence-electron chi connectivity index (χ3n) is 5.26. The fourth-order valence-corrected chi connectivity index (χ4v) is 8.71. The minimum atomic E-state index is -2.23. The highest BCUT2D eigenvalue weighted by molar-refractivity contribution is 6.65. The summed E-state index contributed by atoms with van der Waals surface area (Å²) in [6.07, 6.45) is 3.36. The minimum Gasteiger partial charge on any atom is -0.383 e. The maximum Gasteiger partial charge on any atom is 0.428 e. The monoisotopic (exact) mass is 344 g/mol. The molecule has 2 aliphatic heterocycles. The Morgan fingerprint density at radius 3 is 1.96 bits per heavy atom. The maximum atomic E-state index is 6.28. The lowest BCUT2D eigenvalue weighted by Gasteiger charge is -2.56. The van der Waals surface area contributed by atoms with E-state index in [1.54, 1.807) is 7.11 Å². The molecule has 5 nitrogen and oxygen atoms in total. The highest BCUT2D eigenvalue weighted by Crippen LogP contribution is 2.43. The third-order valence-corrected chi connectivity index (χ3v) is 9.19. The van der Waals surface area contributed by atoms with Gasteiger partial charge in [0.2, 0.25) is 0 Å². The standard InChI is InChI=1S/C17H36N2O3Si/c1-8-21-23(22-9-2)12-10-11-18(23)15-13-16(3,4)19(20-7)17(5,6)14-15/h15H,8-14H2,1-7H3. The van der Waals surface area contributed by atoms with E-state index in [-0.39, 0.29) is 11.1 Å². The van der Waals surface area contributed by atoms with Crippen LogP contribution >= 0.6 is 0 Å². The molecular weight excluding hydrogens is 308 g/mol. The number of hydrogen-bond acceptors (Lipinski definition) is 5. The first kappa shape index (κ1) is 19.3. The van der Waals surface area contributed by atoms with Gasteiger partial charge in [-0.2, -0.15) is 5.06 Å². The van der Waals surface area contributed by atoms with E-state index < -0.39 is 8.72 Å². The highest BCUT2D eigenvalue weighted by Gasteiger charge is 2.56. The van der Waals surface area contributed by atoms with E-state index in [4.69, 9.17) is 13.7 Å². The Bertz CT molecular complexity index is 379. The van der Waals surface area contributed by atoms with Crippen molar-refractivity contribution in [3.05, 3.63) is 0 Å². The molecule has 0 aromatic rings. The summed E-state index contributed by atoms with van der Waals surface area (Å²) in [7, 11) is -0.442. The molecule has 2 fully saturated rings. The molecule has 6 heteroatoms. The van der Waals surface area contributed by atoms with Crippen LogP contribution in [0.25, 0.3) is 0 Å². The normalized spacial score (nSPS) is 28.3. The van der Waals surface area contributed by atoms with Gasteiger partial charge in [-0.1, -0.05) is 0 Å². The number of nitrogens with zero attached hydrogens (tertiary/aromatic N) is 2. The number of rotatable bonds is 6. The van der Waals surface area contributed by atoms with Gasteiger partial charge in [0.05, 0.1) is 7.11 Å². The zero-order valence-corrected chi connectivity index (χ0v) is 17.1. The van der Waals surface area contributed by atoms with Crippen molar-refractivity contribution in [2.45, 2.75) is 84.0 Å². The van der Waals surface area contributed by atoms with E-state index in [2.05, 4.69) is 51.2 Å². The molecular formula is C17H36N2O3Si. The average molecular weight is 345 g/mol. The summed E-state index contributed by atoms with van der Waals surface area (Å²) in [5.74, 6) is 0. The molecule has 0 amide bonds. The summed E-state index contributed by atoms with van der Waals surface area (Å²) in [6.45, 7) is 15.9. The van der Waals surface area contributed by atoms with E-state index in [0.29, 0.717) is 6.04 Å². The zero-order valence-electron chi connectivity index (χ0n) is 16.1. The lowest BCUT2D eigenvalue weighted by molar-refractivity contribution is -0.271. The van der Waals surface area contributed by atoms with Crippen LogP contribution in [0.5, 0.6) is 0 Å². The van der Waals surface area contributed by atoms with Gasteiger partial charge >= 0.3 is 8.72 Å². The van der Waals surface area contributed by atoms with Crippen LogP contribution < -0.4 is 0 Å². The van der Waals surface area contributed by atoms with Gasteiger partial charge in [0.1, 0.15) is 0 Å². The molecule has 0 bridgehead atoms. The van der Waals surface area contributed by atoms with Crippen LogP contribution in [-0.2, 0) is 13.7 Å². The van der Waals surface area contributed by atoms with Crippen LogP contribution in [0.4, 0.5) is 0 Å². The Hall–Kier alpha value is 0.0169. The van der Waals surface area contributed by atoms with Crippen LogP contribution in [0.3, 0.4) is 0 Å². The first-order valence-corrected chi connectivity index (χ1v) is 11.1. The molecule has 2 saturated heterocycles. The van der Waals surface area contributed by atoms with E-state index >= 15 is 0 Å². The Morgan fingerprint density at radius 2 is 1.52 bits per heavy atom. The van der Waals surface area contributed by atoms with Crippen LogP contribution in [0, 0.1) is 0 Å². The first-order chi connectivity index (χ1) is 10.7.